The molecule has 3 aromatic carbocycles. The number of anilines is 1. The lowest BCUT2D eigenvalue weighted by atomic mass is 9.96. The van der Waals surface area contributed by atoms with Gasteiger partial charge in [0.2, 0.25) is 0 Å². The van der Waals surface area contributed by atoms with Gasteiger partial charge in [0.1, 0.15) is 0 Å². The second-order valence-electron chi connectivity index (χ2n) is 6.48. The lowest BCUT2D eigenvalue weighted by molar-refractivity contribution is 0.959. The van der Waals surface area contributed by atoms with Gasteiger partial charge in [0.05, 0.1) is 0 Å². The highest BCUT2D eigenvalue weighted by molar-refractivity contribution is 5.82. The van der Waals surface area contributed by atoms with E-state index in [1.807, 2.05) is 0 Å². The number of aryl methyl sites for hydroxylation is 3. The third-order valence-electron chi connectivity index (χ3n) is 4.93. The fourth-order valence-corrected chi connectivity index (χ4v) is 3.54. The molecular weight excluding hydrogens is 278 g/mol. The van der Waals surface area contributed by atoms with Crippen LogP contribution in [0.25, 0.3) is 11.1 Å². The maximum Gasteiger partial charge on any atom is 0.0388 e. The van der Waals surface area contributed by atoms with Crippen molar-refractivity contribution in [3.63, 3.8) is 0 Å². The van der Waals surface area contributed by atoms with Gasteiger partial charge < -0.3 is 5.73 Å². The van der Waals surface area contributed by atoms with Crippen molar-refractivity contribution in [2.24, 2.45) is 0 Å². The molecule has 2 N–H and O–H groups in total. The number of hydrogen-bond acceptors (Lipinski definition) is 1. The molecule has 0 saturated carbocycles. The number of fused-ring (bicyclic) bond motifs is 3. The molecule has 0 aromatic heterocycles. The Morgan fingerprint density at radius 1 is 0.826 bits per heavy atom. The molecule has 4 rings (SSSR count). The summed E-state index contributed by atoms with van der Waals surface area (Å²) in [5.41, 5.74) is 16.8. The van der Waals surface area contributed by atoms with Gasteiger partial charge in [-0.3, -0.25) is 0 Å². The van der Waals surface area contributed by atoms with E-state index in [1.54, 1.807) is 0 Å². The van der Waals surface area contributed by atoms with Crippen LogP contribution in [-0.4, -0.2) is 0 Å². The third kappa shape index (κ3) is 2.53. The van der Waals surface area contributed by atoms with Crippen molar-refractivity contribution in [1.82, 2.24) is 0 Å². The molecule has 0 aliphatic heterocycles. The molecule has 0 bridgehead atoms. The molecule has 1 aliphatic rings. The molecule has 0 unspecified atom stereocenters. The average Bonchev–Trinajstić information content (AvgIpc) is 2.95. The van der Waals surface area contributed by atoms with E-state index < -0.39 is 0 Å². The second kappa shape index (κ2) is 5.58. The molecule has 1 nitrogen and oxygen atoms in total. The summed E-state index contributed by atoms with van der Waals surface area (Å²) in [6.07, 6.45) is 3.00. The van der Waals surface area contributed by atoms with Crippen LogP contribution in [0.3, 0.4) is 0 Å². The van der Waals surface area contributed by atoms with Crippen LogP contribution in [-0.2, 0) is 19.3 Å². The van der Waals surface area contributed by atoms with E-state index in [9.17, 15) is 0 Å². The fraction of sp³-hybridized carbons (Fsp3) is 0.182. The summed E-state index contributed by atoms with van der Waals surface area (Å²) in [7, 11) is 0. The van der Waals surface area contributed by atoms with Crippen molar-refractivity contribution in [2.75, 3.05) is 5.73 Å². The molecule has 0 saturated heterocycles. The molecule has 1 aliphatic carbocycles. The van der Waals surface area contributed by atoms with Crippen molar-refractivity contribution in [3.05, 3.63) is 88.5 Å². The minimum atomic E-state index is 0.968. The Morgan fingerprint density at radius 3 is 2.43 bits per heavy atom. The quantitative estimate of drug-likeness (QED) is 0.533. The van der Waals surface area contributed by atoms with Gasteiger partial charge in [-0.2, -0.15) is 0 Å². The van der Waals surface area contributed by atoms with E-state index >= 15 is 0 Å². The largest absolute Gasteiger partial charge is 0.398 e. The number of benzene rings is 3. The molecule has 114 valence electrons. The van der Waals surface area contributed by atoms with Crippen molar-refractivity contribution in [1.29, 1.82) is 0 Å². The zero-order chi connectivity index (χ0) is 15.8. The highest BCUT2D eigenvalue weighted by Gasteiger charge is 2.21. The second-order valence-corrected chi connectivity index (χ2v) is 6.48. The predicted molar refractivity (Wildman–Crippen MR) is 97.7 cm³/mol. The van der Waals surface area contributed by atoms with Crippen LogP contribution in [0.4, 0.5) is 5.69 Å². The van der Waals surface area contributed by atoms with E-state index in [0.29, 0.717) is 0 Å². The van der Waals surface area contributed by atoms with Crippen LogP contribution in [0.2, 0.25) is 0 Å². The summed E-state index contributed by atoms with van der Waals surface area (Å²) in [5, 5.41) is 0. The highest BCUT2D eigenvalue weighted by Crippen LogP contribution is 2.40. The van der Waals surface area contributed by atoms with Crippen molar-refractivity contribution >= 4 is 5.69 Å². The van der Waals surface area contributed by atoms with Crippen LogP contribution in [0.15, 0.2) is 60.7 Å². The first kappa shape index (κ1) is 14.1. The number of nitrogens with two attached hydrogens (primary N) is 1. The summed E-state index contributed by atoms with van der Waals surface area (Å²) < 4.78 is 0. The first-order valence-corrected chi connectivity index (χ1v) is 8.26. The summed E-state index contributed by atoms with van der Waals surface area (Å²) in [5.74, 6) is 0. The van der Waals surface area contributed by atoms with Gasteiger partial charge in [-0.05, 0) is 53.1 Å². The Kier molecular flexibility index (Phi) is 3.42. The Bertz CT molecular complexity index is 860. The Labute approximate surface area is 137 Å². The van der Waals surface area contributed by atoms with Crippen LogP contribution in [0, 0.1) is 6.92 Å². The highest BCUT2D eigenvalue weighted by atomic mass is 14.6. The first-order valence-electron chi connectivity index (χ1n) is 8.26. The molecule has 0 amide bonds. The summed E-state index contributed by atoms with van der Waals surface area (Å²) in [6, 6.07) is 21.9. The number of rotatable bonds is 3. The minimum Gasteiger partial charge on any atom is -0.398 e. The smallest absolute Gasteiger partial charge is 0.0388 e. The zero-order valence-corrected chi connectivity index (χ0v) is 13.5. The third-order valence-corrected chi connectivity index (χ3v) is 4.93. The van der Waals surface area contributed by atoms with Gasteiger partial charge in [-0.1, -0.05) is 66.2 Å². The SMILES string of the molecule is Cc1ccc(CCc2ccc3c(c2N)Cc2ccccc2-3)cc1. The summed E-state index contributed by atoms with van der Waals surface area (Å²) in [6.45, 7) is 2.12. The molecule has 0 fully saturated rings. The number of hydrogen-bond donors (Lipinski definition) is 1. The van der Waals surface area contributed by atoms with Crippen LogP contribution in [0.5, 0.6) is 0 Å². The normalized spacial score (nSPS) is 12.0. The molecule has 0 spiro atoms. The van der Waals surface area contributed by atoms with E-state index in [1.165, 1.54) is 38.9 Å². The summed E-state index contributed by atoms with van der Waals surface area (Å²) in [4.78, 5) is 0. The maximum atomic E-state index is 6.50. The molecule has 23 heavy (non-hydrogen) atoms. The standard InChI is InChI=1S/C22H21N/c1-15-6-8-16(9-7-15)10-11-17-12-13-20-19-5-3-2-4-18(19)14-21(20)22(17)23/h2-9,12-13H,10-11,14,23H2,1H3. The van der Waals surface area contributed by atoms with E-state index in [0.717, 1.165) is 24.9 Å². The first-order chi connectivity index (χ1) is 11.2. The van der Waals surface area contributed by atoms with Gasteiger partial charge in [-0.25, -0.2) is 0 Å². The molecule has 0 atom stereocenters. The molecule has 0 radical (unpaired) electrons. The number of nitrogen functional groups attached to an aromatic ring is 1. The lowest BCUT2D eigenvalue weighted by Crippen LogP contribution is -2.01. The van der Waals surface area contributed by atoms with Gasteiger partial charge in [0, 0.05) is 12.1 Å². The van der Waals surface area contributed by atoms with Crippen LogP contribution < -0.4 is 5.73 Å². The van der Waals surface area contributed by atoms with E-state index in [2.05, 4.69) is 67.6 Å². The minimum absolute atomic E-state index is 0.968. The molecule has 1 heteroatoms. The van der Waals surface area contributed by atoms with Gasteiger partial charge in [0.15, 0.2) is 0 Å². The summed E-state index contributed by atoms with van der Waals surface area (Å²) >= 11 is 0. The van der Waals surface area contributed by atoms with Crippen LogP contribution >= 0.6 is 0 Å². The fourth-order valence-electron chi connectivity index (χ4n) is 3.54. The van der Waals surface area contributed by atoms with E-state index in [-0.39, 0.29) is 0 Å². The Balaban J connectivity index is 1.60. The lowest BCUT2D eigenvalue weighted by Gasteiger charge is -2.11. The predicted octanol–water partition coefficient (Wildman–Crippen LogP) is 4.93. The zero-order valence-electron chi connectivity index (χ0n) is 13.5. The molecular formula is C22H21N. The average molecular weight is 299 g/mol. The van der Waals surface area contributed by atoms with E-state index in [4.69, 9.17) is 5.73 Å². The topological polar surface area (TPSA) is 26.0 Å². The van der Waals surface area contributed by atoms with Crippen LogP contribution in [0.1, 0.15) is 27.8 Å². The van der Waals surface area contributed by atoms with Crippen molar-refractivity contribution in [3.8, 4) is 11.1 Å². The van der Waals surface area contributed by atoms with Gasteiger partial charge in [0.25, 0.3) is 0 Å². The van der Waals surface area contributed by atoms with Gasteiger partial charge in [-0.15, -0.1) is 0 Å². The van der Waals surface area contributed by atoms with Gasteiger partial charge >= 0.3 is 0 Å². The Hall–Kier alpha value is -2.54. The van der Waals surface area contributed by atoms with Crippen molar-refractivity contribution < 1.29 is 0 Å². The maximum absolute atomic E-state index is 6.50. The molecule has 3 aromatic rings. The molecule has 0 heterocycles. The monoisotopic (exact) mass is 299 g/mol. The van der Waals surface area contributed by atoms with Crippen molar-refractivity contribution in [2.45, 2.75) is 26.2 Å². The Morgan fingerprint density at radius 2 is 1.61 bits per heavy atom.